The molecule has 0 aliphatic rings. The molecule has 5 nitrogen and oxygen atoms in total. The molecule has 0 saturated carbocycles. The van der Waals surface area contributed by atoms with Gasteiger partial charge in [0.15, 0.2) is 0 Å². The number of benzene rings is 2. The van der Waals surface area contributed by atoms with E-state index in [0.717, 1.165) is 10.9 Å². The molecule has 0 unspecified atom stereocenters. The molecule has 4 aromatic rings. The summed E-state index contributed by atoms with van der Waals surface area (Å²) in [6, 6.07) is 14.4. The second kappa shape index (κ2) is 6.63. The van der Waals surface area contributed by atoms with Crippen LogP contribution in [-0.4, -0.2) is 27.4 Å². The lowest BCUT2D eigenvalue weighted by Gasteiger charge is -2.17. The molecule has 6 heteroatoms. The Morgan fingerprint density at radius 2 is 1.93 bits per heavy atom. The molecule has 0 aliphatic carbocycles. The van der Waals surface area contributed by atoms with Gasteiger partial charge in [0.05, 0.1) is 16.6 Å². The van der Waals surface area contributed by atoms with Gasteiger partial charge in [-0.1, -0.05) is 36.4 Å². The van der Waals surface area contributed by atoms with Gasteiger partial charge in [0, 0.05) is 20.6 Å². The van der Waals surface area contributed by atoms with Crippen LogP contribution in [0.1, 0.15) is 20.8 Å². The molecule has 1 amide bonds. The van der Waals surface area contributed by atoms with Gasteiger partial charge in [0.2, 0.25) is 0 Å². The third kappa shape index (κ3) is 3.02. The molecule has 0 bridgehead atoms. The molecule has 4 rings (SSSR count). The minimum absolute atomic E-state index is 0.0919. The zero-order chi connectivity index (χ0) is 19.1. The van der Waals surface area contributed by atoms with E-state index in [-0.39, 0.29) is 11.5 Å². The first kappa shape index (κ1) is 17.4. The Kier molecular flexibility index (Phi) is 4.28. The van der Waals surface area contributed by atoms with Crippen molar-refractivity contribution in [3.8, 4) is 0 Å². The van der Waals surface area contributed by atoms with Gasteiger partial charge in [0.1, 0.15) is 4.83 Å². The van der Waals surface area contributed by atoms with Crippen LogP contribution in [0.15, 0.2) is 53.6 Å². The lowest BCUT2D eigenvalue weighted by atomic mass is 10.1. The molecule has 0 atom stereocenters. The first-order valence-electron chi connectivity index (χ1n) is 8.63. The lowest BCUT2D eigenvalue weighted by molar-refractivity contribution is 0.0789. The van der Waals surface area contributed by atoms with Gasteiger partial charge in [-0.15, -0.1) is 11.3 Å². The quantitative estimate of drug-likeness (QED) is 0.547. The smallest absolute Gasteiger partial charge is 0.264 e. The van der Waals surface area contributed by atoms with Gasteiger partial charge in [-0.3, -0.25) is 9.59 Å². The van der Waals surface area contributed by atoms with E-state index >= 15 is 0 Å². The van der Waals surface area contributed by atoms with E-state index in [1.165, 1.54) is 27.6 Å². The van der Waals surface area contributed by atoms with Crippen LogP contribution in [0.2, 0.25) is 0 Å². The Morgan fingerprint density at radius 1 is 1.19 bits per heavy atom. The molecule has 2 aromatic heterocycles. The average molecular weight is 377 g/mol. The number of carbonyl (C=O) groups is 1. The second-order valence-corrected chi connectivity index (χ2v) is 7.74. The van der Waals surface area contributed by atoms with E-state index in [1.54, 1.807) is 19.0 Å². The van der Waals surface area contributed by atoms with Crippen molar-refractivity contribution in [2.45, 2.75) is 13.5 Å². The Balaban J connectivity index is 1.65. The van der Waals surface area contributed by atoms with Gasteiger partial charge in [-0.2, -0.15) is 0 Å². The van der Waals surface area contributed by atoms with Crippen LogP contribution in [0.3, 0.4) is 0 Å². The summed E-state index contributed by atoms with van der Waals surface area (Å²) in [5.74, 6) is -0.0919. The molecule has 0 spiro atoms. The maximum absolute atomic E-state index is 13.0. The van der Waals surface area contributed by atoms with Crippen LogP contribution in [0, 0.1) is 6.92 Å². The number of hydrogen-bond acceptors (Lipinski definition) is 4. The minimum Gasteiger partial charge on any atom is -0.337 e. The molecule has 136 valence electrons. The Labute approximate surface area is 160 Å². The number of aromatic nitrogens is 2. The van der Waals surface area contributed by atoms with Crippen molar-refractivity contribution in [3.05, 3.63) is 75.1 Å². The summed E-state index contributed by atoms with van der Waals surface area (Å²) >= 11 is 1.28. The maximum atomic E-state index is 13.0. The van der Waals surface area contributed by atoms with Crippen LogP contribution >= 0.6 is 11.3 Å². The highest BCUT2D eigenvalue weighted by Crippen LogP contribution is 2.28. The first-order valence-corrected chi connectivity index (χ1v) is 9.45. The third-order valence-electron chi connectivity index (χ3n) is 4.79. The Hall–Kier alpha value is -2.99. The summed E-state index contributed by atoms with van der Waals surface area (Å²) in [5, 5.41) is 2.87. The zero-order valence-electron chi connectivity index (χ0n) is 15.4. The highest BCUT2D eigenvalue weighted by Gasteiger charge is 2.21. The van der Waals surface area contributed by atoms with Gasteiger partial charge < -0.3 is 9.47 Å². The lowest BCUT2D eigenvalue weighted by Crippen LogP contribution is -2.26. The van der Waals surface area contributed by atoms with Crippen molar-refractivity contribution < 1.29 is 4.79 Å². The van der Waals surface area contributed by atoms with Crippen molar-refractivity contribution in [3.63, 3.8) is 0 Å². The third-order valence-corrected chi connectivity index (χ3v) is 5.97. The fourth-order valence-corrected chi connectivity index (χ4v) is 4.40. The topological polar surface area (TPSA) is 55.2 Å². The number of aryl methyl sites for hydroxylation is 2. The number of carbonyl (C=O) groups excluding carboxylic acids is 1. The summed E-state index contributed by atoms with van der Waals surface area (Å²) in [7, 11) is 3.45. The Bertz CT molecular complexity index is 1240. The molecule has 2 heterocycles. The molecular formula is C21H19N3O2S. The molecule has 0 radical (unpaired) electrons. The fourth-order valence-electron chi connectivity index (χ4n) is 3.27. The summed E-state index contributed by atoms with van der Waals surface area (Å²) in [4.78, 5) is 32.5. The van der Waals surface area contributed by atoms with Crippen molar-refractivity contribution in [2.75, 3.05) is 7.05 Å². The SMILES string of the molecule is Cc1c(C(=O)N(C)Cc2ccc3ccccc3c2)sc2ncn(C)c(=O)c12. The van der Waals surface area contributed by atoms with E-state index in [9.17, 15) is 9.59 Å². The largest absolute Gasteiger partial charge is 0.337 e. The number of rotatable bonds is 3. The molecule has 2 aromatic carbocycles. The van der Waals surface area contributed by atoms with Gasteiger partial charge in [0.25, 0.3) is 11.5 Å². The van der Waals surface area contributed by atoms with E-state index in [1.807, 2.05) is 25.1 Å². The van der Waals surface area contributed by atoms with Crippen molar-refractivity contribution in [2.24, 2.45) is 7.05 Å². The van der Waals surface area contributed by atoms with E-state index in [4.69, 9.17) is 0 Å². The number of hydrogen-bond donors (Lipinski definition) is 0. The van der Waals surface area contributed by atoms with Gasteiger partial charge in [-0.05, 0) is 34.9 Å². The second-order valence-electron chi connectivity index (χ2n) is 6.74. The maximum Gasteiger partial charge on any atom is 0.264 e. The molecule has 0 saturated heterocycles. The van der Waals surface area contributed by atoms with Crippen molar-refractivity contribution in [1.82, 2.24) is 14.5 Å². The fraction of sp³-hybridized carbons (Fsp3) is 0.190. The van der Waals surface area contributed by atoms with E-state index in [2.05, 4.69) is 29.2 Å². The summed E-state index contributed by atoms with van der Waals surface area (Å²) in [5.41, 5.74) is 1.65. The predicted octanol–water partition coefficient (Wildman–Crippen LogP) is 3.73. The number of amides is 1. The van der Waals surface area contributed by atoms with Crippen LogP contribution in [0.5, 0.6) is 0 Å². The standard InChI is InChI=1S/C21H19N3O2S/c1-13-17-19(22-12-24(3)20(17)25)27-18(13)21(26)23(2)11-14-8-9-15-6-4-5-7-16(15)10-14/h4-10,12H,11H2,1-3H3. The summed E-state index contributed by atoms with van der Waals surface area (Å²) in [6.07, 6.45) is 1.49. The van der Waals surface area contributed by atoms with Gasteiger partial charge >= 0.3 is 0 Å². The van der Waals surface area contributed by atoms with Crippen LogP contribution in [0.4, 0.5) is 0 Å². The normalized spacial score (nSPS) is 11.2. The zero-order valence-corrected chi connectivity index (χ0v) is 16.2. The van der Waals surface area contributed by atoms with E-state index < -0.39 is 0 Å². The summed E-state index contributed by atoms with van der Waals surface area (Å²) in [6.45, 7) is 2.32. The molecule has 0 aliphatic heterocycles. The van der Waals surface area contributed by atoms with Crippen molar-refractivity contribution >= 4 is 38.2 Å². The molecule has 0 fully saturated rings. The number of fused-ring (bicyclic) bond motifs is 2. The number of nitrogens with zero attached hydrogens (tertiary/aromatic N) is 3. The highest BCUT2D eigenvalue weighted by molar-refractivity contribution is 7.20. The van der Waals surface area contributed by atoms with Gasteiger partial charge in [-0.25, -0.2) is 4.98 Å². The Morgan fingerprint density at radius 3 is 2.70 bits per heavy atom. The average Bonchev–Trinajstić information content (AvgIpc) is 3.01. The minimum atomic E-state index is -0.120. The highest BCUT2D eigenvalue weighted by atomic mass is 32.1. The van der Waals surface area contributed by atoms with Crippen LogP contribution in [0.25, 0.3) is 21.0 Å². The first-order chi connectivity index (χ1) is 13.0. The monoisotopic (exact) mass is 377 g/mol. The van der Waals surface area contributed by atoms with Crippen LogP contribution < -0.4 is 5.56 Å². The molecular weight excluding hydrogens is 358 g/mol. The molecule has 27 heavy (non-hydrogen) atoms. The number of thiophene rings is 1. The van der Waals surface area contributed by atoms with E-state index in [0.29, 0.717) is 27.2 Å². The van der Waals surface area contributed by atoms with Crippen LogP contribution in [-0.2, 0) is 13.6 Å². The molecule has 0 N–H and O–H groups in total. The summed E-state index contributed by atoms with van der Waals surface area (Å²) < 4.78 is 1.44. The predicted molar refractivity (Wildman–Crippen MR) is 109 cm³/mol. The van der Waals surface area contributed by atoms with Crippen molar-refractivity contribution in [1.29, 1.82) is 0 Å².